The summed E-state index contributed by atoms with van der Waals surface area (Å²) in [6, 6.07) is 8.87. The van der Waals surface area contributed by atoms with Crippen LogP contribution < -0.4 is 0 Å². The molecule has 8 heteroatoms. The van der Waals surface area contributed by atoms with E-state index >= 15 is 0 Å². The smallest absolute Gasteiger partial charge is 0.123 e. The van der Waals surface area contributed by atoms with Crippen LogP contribution in [0.2, 0.25) is 10.0 Å². The molecule has 0 aliphatic carbocycles. The maximum Gasteiger partial charge on any atom is 0.123 e. The first-order chi connectivity index (χ1) is 12.7. The Morgan fingerprint density at radius 1 is 1.07 bits per heavy atom. The number of sulfonamides is 1. The van der Waals surface area contributed by atoms with Gasteiger partial charge >= 0.3 is 0 Å². The quantitative estimate of drug-likeness (QED) is 0.540. The average molecular weight is 423 g/mol. The first-order valence-corrected chi connectivity index (χ1v) is 10.4. The van der Waals surface area contributed by atoms with Crippen LogP contribution in [0.1, 0.15) is 22.3 Å². The molecule has 0 amide bonds. The average Bonchev–Trinajstić information content (AvgIpc) is 2.95. The molecule has 142 valence electrons. The fourth-order valence-corrected chi connectivity index (χ4v) is 4.93. The minimum atomic E-state index is -3.84. The highest BCUT2D eigenvalue weighted by Gasteiger charge is 2.13. The van der Waals surface area contributed by atoms with Crippen LogP contribution in [-0.2, 0) is 16.6 Å². The molecule has 0 unspecified atom stereocenters. The molecule has 5 nitrogen and oxygen atoms in total. The fraction of sp³-hybridized carbons (Fsp3) is 0.211. The lowest BCUT2D eigenvalue weighted by Crippen LogP contribution is -2.04. The number of benzene rings is 2. The molecule has 0 radical (unpaired) electrons. The number of halogens is 2. The highest BCUT2D eigenvalue weighted by Crippen LogP contribution is 2.32. The Kier molecular flexibility index (Phi) is 5.51. The second kappa shape index (κ2) is 7.54. The summed E-state index contributed by atoms with van der Waals surface area (Å²) in [6.07, 6.45) is 2.99. The van der Waals surface area contributed by atoms with Crippen molar-refractivity contribution in [2.24, 2.45) is 0 Å². The maximum absolute atomic E-state index is 12.8. The van der Waals surface area contributed by atoms with E-state index in [4.69, 9.17) is 23.2 Å². The van der Waals surface area contributed by atoms with Crippen molar-refractivity contribution >= 4 is 38.9 Å². The molecule has 0 aliphatic heterocycles. The van der Waals surface area contributed by atoms with Gasteiger partial charge in [0, 0.05) is 22.4 Å². The lowest BCUT2D eigenvalue weighted by molar-refractivity contribution is 0.602. The van der Waals surface area contributed by atoms with Gasteiger partial charge in [-0.2, -0.15) is 5.10 Å². The Morgan fingerprint density at radius 2 is 1.74 bits per heavy atom. The molecule has 0 spiro atoms. The van der Waals surface area contributed by atoms with E-state index in [0.29, 0.717) is 27.7 Å². The summed E-state index contributed by atoms with van der Waals surface area (Å²) < 4.78 is 31.1. The molecule has 27 heavy (non-hydrogen) atoms. The van der Waals surface area contributed by atoms with E-state index < -0.39 is 10.0 Å². The van der Waals surface area contributed by atoms with Gasteiger partial charge in [0.15, 0.2) is 0 Å². The number of aryl methyl sites for hydroxylation is 3. The van der Waals surface area contributed by atoms with Gasteiger partial charge in [0.1, 0.15) is 10.0 Å². The van der Waals surface area contributed by atoms with Crippen LogP contribution in [0.5, 0.6) is 0 Å². The largest absolute Gasteiger partial charge is 0.570 e. The Balaban J connectivity index is 1.83. The van der Waals surface area contributed by atoms with Crippen molar-refractivity contribution in [1.29, 1.82) is 0 Å². The van der Waals surface area contributed by atoms with Gasteiger partial charge in [0.05, 0.1) is 11.4 Å². The van der Waals surface area contributed by atoms with E-state index in [1.54, 1.807) is 42.9 Å². The van der Waals surface area contributed by atoms with Gasteiger partial charge in [0.25, 0.3) is 0 Å². The highest BCUT2D eigenvalue weighted by molar-refractivity contribution is 7.94. The van der Waals surface area contributed by atoms with Crippen molar-refractivity contribution < 1.29 is 8.42 Å². The molecule has 0 fully saturated rings. The van der Waals surface area contributed by atoms with Crippen molar-refractivity contribution in [3.8, 4) is 0 Å². The maximum atomic E-state index is 12.8. The standard InChI is InChI=1S/C19H18Cl2N3O2S/c1-12-6-13(2)19(14(3)7-12)27(25,26)23-17-9-22-24(11-17)10-15-4-5-16(20)8-18(15)21/h4-9,11H,10H2,1-3H3/q-1. The molecule has 0 aliphatic rings. The molecule has 0 atom stereocenters. The minimum absolute atomic E-state index is 0.238. The lowest BCUT2D eigenvalue weighted by atomic mass is 10.1. The Hall–Kier alpha value is -2.02. The second-order valence-electron chi connectivity index (χ2n) is 6.43. The molecule has 0 saturated carbocycles. The summed E-state index contributed by atoms with van der Waals surface area (Å²) in [4.78, 5) is 0.238. The molecular weight excluding hydrogens is 405 g/mol. The van der Waals surface area contributed by atoms with Crippen LogP contribution >= 0.6 is 23.2 Å². The van der Waals surface area contributed by atoms with Crippen molar-refractivity contribution in [2.75, 3.05) is 0 Å². The van der Waals surface area contributed by atoms with Gasteiger partial charge in [-0.05, 0) is 49.6 Å². The highest BCUT2D eigenvalue weighted by atomic mass is 35.5. The van der Waals surface area contributed by atoms with E-state index in [1.807, 2.05) is 19.1 Å². The Bertz CT molecular complexity index is 1080. The molecule has 0 N–H and O–H groups in total. The third-order valence-electron chi connectivity index (χ3n) is 4.06. The molecular formula is C19H18Cl2N3O2S-. The van der Waals surface area contributed by atoms with Gasteiger partial charge in [-0.3, -0.25) is 4.68 Å². The zero-order chi connectivity index (χ0) is 19.8. The van der Waals surface area contributed by atoms with Crippen LogP contribution in [0.15, 0.2) is 47.6 Å². The zero-order valence-electron chi connectivity index (χ0n) is 15.1. The van der Waals surface area contributed by atoms with Gasteiger partial charge in [-0.25, -0.2) is 8.42 Å². The van der Waals surface area contributed by atoms with Gasteiger partial charge in [-0.15, -0.1) is 0 Å². The van der Waals surface area contributed by atoms with Crippen molar-refractivity contribution in [1.82, 2.24) is 9.78 Å². The lowest BCUT2D eigenvalue weighted by Gasteiger charge is -2.23. The van der Waals surface area contributed by atoms with Gasteiger partial charge in [0.2, 0.25) is 0 Å². The van der Waals surface area contributed by atoms with Crippen LogP contribution in [-0.4, -0.2) is 18.2 Å². The predicted molar refractivity (Wildman–Crippen MR) is 109 cm³/mol. The molecule has 0 saturated heterocycles. The number of rotatable bonds is 5. The van der Waals surface area contributed by atoms with Crippen molar-refractivity contribution in [3.05, 3.63) is 79.7 Å². The van der Waals surface area contributed by atoms with Crippen LogP contribution in [0.25, 0.3) is 4.72 Å². The zero-order valence-corrected chi connectivity index (χ0v) is 17.4. The van der Waals surface area contributed by atoms with Gasteiger partial charge in [-0.1, -0.05) is 52.7 Å². The van der Waals surface area contributed by atoms with Crippen molar-refractivity contribution in [3.63, 3.8) is 0 Å². The predicted octanol–water partition coefficient (Wildman–Crippen LogP) is 5.56. The number of aromatic nitrogens is 2. The first-order valence-electron chi connectivity index (χ1n) is 8.18. The summed E-state index contributed by atoms with van der Waals surface area (Å²) in [5.41, 5.74) is 3.45. The molecule has 1 heterocycles. The van der Waals surface area contributed by atoms with E-state index in [2.05, 4.69) is 9.82 Å². The molecule has 3 rings (SSSR count). The first kappa shape index (κ1) is 19.7. The third kappa shape index (κ3) is 4.46. The van der Waals surface area contributed by atoms with E-state index in [9.17, 15) is 8.42 Å². The molecule has 3 aromatic rings. The summed E-state index contributed by atoms with van der Waals surface area (Å²) in [7, 11) is -3.84. The van der Waals surface area contributed by atoms with Gasteiger partial charge < -0.3 is 4.72 Å². The number of nitrogens with zero attached hydrogens (tertiary/aromatic N) is 3. The summed E-state index contributed by atoms with van der Waals surface area (Å²) in [5.74, 6) is 0. The molecule has 1 aromatic heterocycles. The Morgan fingerprint density at radius 3 is 2.37 bits per heavy atom. The fourth-order valence-electron chi connectivity index (χ4n) is 3.07. The van der Waals surface area contributed by atoms with E-state index in [-0.39, 0.29) is 10.6 Å². The van der Waals surface area contributed by atoms with Crippen LogP contribution in [0, 0.1) is 20.8 Å². The second-order valence-corrected chi connectivity index (χ2v) is 8.81. The summed E-state index contributed by atoms with van der Waals surface area (Å²) in [5, 5.41) is 5.25. The Labute approximate surface area is 169 Å². The third-order valence-corrected chi connectivity index (χ3v) is 6.25. The topological polar surface area (TPSA) is 66.1 Å². The van der Waals surface area contributed by atoms with Crippen LogP contribution in [0.4, 0.5) is 5.69 Å². The van der Waals surface area contributed by atoms with E-state index in [1.165, 1.54) is 6.20 Å². The van der Waals surface area contributed by atoms with Crippen molar-refractivity contribution in [2.45, 2.75) is 32.2 Å². The minimum Gasteiger partial charge on any atom is -0.570 e. The number of hydrogen-bond donors (Lipinski definition) is 0. The molecule has 2 aromatic carbocycles. The SMILES string of the molecule is Cc1cc(C)c(S(=O)(=O)[N-]c2cnn(Cc3ccc(Cl)cc3Cl)c2)c(C)c1. The normalized spacial score (nSPS) is 11.6. The summed E-state index contributed by atoms with van der Waals surface area (Å²) in [6.45, 7) is 5.86. The number of hydrogen-bond acceptors (Lipinski definition) is 3. The van der Waals surface area contributed by atoms with E-state index in [0.717, 1.165) is 11.1 Å². The monoisotopic (exact) mass is 422 g/mol. The molecule has 0 bridgehead atoms. The summed E-state index contributed by atoms with van der Waals surface area (Å²) >= 11 is 12.1. The van der Waals surface area contributed by atoms with Crippen LogP contribution in [0.3, 0.4) is 0 Å².